The third-order valence-electron chi connectivity index (χ3n) is 1.99. The molecule has 0 aliphatic rings. The molecule has 16 heavy (non-hydrogen) atoms. The molecule has 5 nitrogen and oxygen atoms in total. The second-order valence-corrected chi connectivity index (χ2v) is 4.85. The van der Waals surface area contributed by atoms with Gasteiger partial charge in [0.1, 0.15) is 6.26 Å². The fourth-order valence-corrected chi connectivity index (χ4v) is 2.05. The number of aromatic nitrogens is 1. The molecule has 1 heterocycles. The third-order valence-corrected chi connectivity index (χ3v) is 3.27. The van der Waals surface area contributed by atoms with Crippen molar-refractivity contribution < 1.29 is 12.8 Å². The summed E-state index contributed by atoms with van der Waals surface area (Å²) < 4.78 is 30.3. The molecule has 0 fully saturated rings. The monoisotopic (exact) mass is 238 g/mol. The molecule has 2 aromatic rings. The van der Waals surface area contributed by atoms with Crippen LogP contribution in [0.4, 0.5) is 0 Å². The third kappa shape index (κ3) is 2.47. The van der Waals surface area contributed by atoms with Crippen LogP contribution in [0.15, 0.2) is 52.4 Å². The van der Waals surface area contributed by atoms with Crippen molar-refractivity contribution in [1.82, 2.24) is 9.71 Å². The topological polar surface area (TPSA) is 72.2 Å². The average molecular weight is 238 g/mol. The zero-order valence-corrected chi connectivity index (χ0v) is 9.15. The SMILES string of the molecule is O=S(=O)(NCc1ccccc1)c1cocn1. The first-order valence-electron chi connectivity index (χ1n) is 4.60. The largest absolute Gasteiger partial charge is 0.450 e. The number of oxazole rings is 1. The second-order valence-electron chi connectivity index (χ2n) is 3.14. The van der Waals surface area contributed by atoms with Gasteiger partial charge in [0, 0.05) is 6.54 Å². The van der Waals surface area contributed by atoms with Crippen LogP contribution in [0.5, 0.6) is 0 Å². The van der Waals surface area contributed by atoms with Crippen molar-refractivity contribution in [3.63, 3.8) is 0 Å². The maximum absolute atomic E-state index is 11.6. The fourth-order valence-electron chi connectivity index (χ4n) is 1.18. The number of nitrogens with zero attached hydrogens (tertiary/aromatic N) is 1. The quantitative estimate of drug-likeness (QED) is 0.867. The van der Waals surface area contributed by atoms with Crippen molar-refractivity contribution in [2.75, 3.05) is 0 Å². The molecule has 84 valence electrons. The Morgan fingerprint density at radius 3 is 2.62 bits per heavy atom. The van der Waals surface area contributed by atoms with E-state index in [1.807, 2.05) is 30.3 Å². The average Bonchev–Trinajstić information content (AvgIpc) is 2.82. The number of hydrogen-bond acceptors (Lipinski definition) is 4. The zero-order chi connectivity index (χ0) is 11.4. The van der Waals surface area contributed by atoms with E-state index in [0.717, 1.165) is 18.2 Å². The Morgan fingerprint density at radius 1 is 1.25 bits per heavy atom. The Kier molecular flexibility index (Phi) is 3.02. The molecule has 0 spiro atoms. The molecule has 0 unspecified atom stereocenters. The summed E-state index contributed by atoms with van der Waals surface area (Å²) in [6.45, 7) is 0.232. The Morgan fingerprint density at radius 2 is 2.00 bits per heavy atom. The maximum atomic E-state index is 11.6. The van der Waals surface area contributed by atoms with Gasteiger partial charge in [0.05, 0.1) is 0 Å². The highest BCUT2D eigenvalue weighted by molar-refractivity contribution is 7.89. The van der Waals surface area contributed by atoms with Crippen LogP contribution in [0, 0.1) is 0 Å². The molecule has 1 aromatic heterocycles. The van der Waals surface area contributed by atoms with Gasteiger partial charge in [0.15, 0.2) is 6.39 Å². The van der Waals surface area contributed by atoms with Gasteiger partial charge in [-0.3, -0.25) is 0 Å². The van der Waals surface area contributed by atoms with E-state index < -0.39 is 10.0 Å². The Balaban J connectivity index is 2.07. The van der Waals surface area contributed by atoms with Crippen molar-refractivity contribution in [2.24, 2.45) is 0 Å². The maximum Gasteiger partial charge on any atom is 0.261 e. The Bertz CT molecular complexity index is 535. The van der Waals surface area contributed by atoms with Gasteiger partial charge in [-0.25, -0.2) is 18.1 Å². The summed E-state index contributed by atoms with van der Waals surface area (Å²) in [5.74, 6) is 0. The number of rotatable bonds is 4. The van der Waals surface area contributed by atoms with Crippen molar-refractivity contribution in [3.8, 4) is 0 Å². The normalized spacial score (nSPS) is 11.5. The van der Waals surface area contributed by atoms with E-state index in [2.05, 4.69) is 14.1 Å². The molecular weight excluding hydrogens is 228 g/mol. The van der Waals surface area contributed by atoms with E-state index in [1.165, 1.54) is 0 Å². The molecule has 1 N–H and O–H groups in total. The van der Waals surface area contributed by atoms with Crippen LogP contribution in [0.1, 0.15) is 5.56 Å². The smallest absolute Gasteiger partial charge is 0.261 e. The molecule has 0 atom stereocenters. The van der Waals surface area contributed by atoms with Crippen LogP contribution >= 0.6 is 0 Å². The number of benzene rings is 1. The highest BCUT2D eigenvalue weighted by atomic mass is 32.2. The van der Waals surface area contributed by atoms with Gasteiger partial charge in [-0.15, -0.1) is 0 Å². The fraction of sp³-hybridized carbons (Fsp3) is 0.100. The van der Waals surface area contributed by atoms with Gasteiger partial charge >= 0.3 is 0 Å². The minimum atomic E-state index is -3.57. The van der Waals surface area contributed by atoms with Gasteiger partial charge < -0.3 is 4.42 Å². The molecule has 6 heteroatoms. The van der Waals surface area contributed by atoms with Crippen molar-refractivity contribution in [2.45, 2.75) is 11.6 Å². The van der Waals surface area contributed by atoms with Gasteiger partial charge in [-0.2, -0.15) is 0 Å². The first kappa shape index (κ1) is 10.8. The minimum absolute atomic E-state index is 0.108. The summed E-state index contributed by atoms with van der Waals surface area (Å²) in [5, 5.41) is -0.108. The number of hydrogen-bond donors (Lipinski definition) is 1. The summed E-state index contributed by atoms with van der Waals surface area (Å²) >= 11 is 0. The predicted molar refractivity (Wildman–Crippen MR) is 57.0 cm³/mol. The number of nitrogens with one attached hydrogen (secondary N) is 1. The van der Waals surface area contributed by atoms with Crippen molar-refractivity contribution in [1.29, 1.82) is 0 Å². The van der Waals surface area contributed by atoms with E-state index in [-0.39, 0.29) is 11.6 Å². The van der Waals surface area contributed by atoms with Crippen LogP contribution in [-0.2, 0) is 16.6 Å². The lowest BCUT2D eigenvalue weighted by Crippen LogP contribution is -2.23. The van der Waals surface area contributed by atoms with Crippen LogP contribution in [0.2, 0.25) is 0 Å². The first-order valence-corrected chi connectivity index (χ1v) is 6.08. The van der Waals surface area contributed by atoms with Crippen LogP contribution < -0.4 is 4.72 Å². The zero-order valence-electron chi connectivity index (χ0n) is 8.33. The molecule has 1 aromatic carbocycles. The van der Waals surface area contributed by atoms with Gasteiger partial charge in [0.2, 0.25) is 5.03 Å². The van der Waals surface area contributed by atoms with Gasteiger partial charge in [-0.05, 0) is 5.56 Å². The van der Waals surface area contributed by atoms with E-state index in [0.29, 0.717) is 0 Å². The summed E-state index contributed by atoms with van der Waals surface area (Å²) in [6, 6.07) is 9.24. The Labute approximate surface area is 93.2 Å². The predicted octanol–water partition coefficient (Wildman–Crippen LogP) is 1.15. The molecule has 0 aliphatic heterocycles. The molecular formula is C10H10N2O3S. The van der Waals surface area contributed by atoms with Crippen molar-refractivity contribution in [3.05, 3.63) is 48.6 Å². The van der Waals surface area contributed by atoms with E-state index >= 15 is 0 Å². The summed E-state index contributed by atoms with van der Waals surface area (Å²) in [5.41, 5.74) is 0.884. The van der Waals surface area contributed by atoms with E-state index in [1.54, 1.807) is 0 Å². The summed E-state index contributed by atoms with van der Waals surface area (Å²) in [6.07, 6.45) is 2.17. The Hall–Kier alpha value is -1.66. The molecule has 0 saturated heterocycles. The van der Waals surface area contributed by atoms with E-state index in [9.17, 15) is 8.42 Å². The molecule has 0 saturated carbocycles. The minimum Gasteiger partial charge on any atom is -0.450 e. The lowest BCUT2D eigenvalue weighted by molar-refractivity contribution is 0.550. The highest BCUT2D eigenvalue weighted by Crippen LogP contribution is 2.05. The molecule has 0 amide bonds. The first-order chi connectivity index (χ1) is 7.68. The summed E-state index contributed by atoms with van der Waals surface area (Å²) in [7, 11) is -3.57. The van der Waals surface area contributed by atoms with Gasteiger partial charge in [0.25, 0.3) is 10.0 Å². The van der Waals surface area contributed by atoms with Crippen LogP contribution in [-0.4, -0.2) is 13.4 Å². The summed E-state index contributed by atoms with van der Waals surface area (Å²) in [4.78, 5) is 3.58. The van der Waals surface area contributed by atoms with Gasteiger partial charge in [-0.1, -0.05) is 30.3 Å². The molecule has 0 aliphatic carbocycles. The number of sulfonamides is 1. The van der Waals surface area contributed by atoms with Crippen LogP contribution in [0.25, 0.3) is 0 Å². The molecule has 0 radical (unpaired) electrons. The van der Waals surface area contributed by atoms with Crippen molar-refractivity contribution >= 4 is 10.0 Å². The molecule has 0 bridgehead atoms. The lowest BCUT2D eigenvalue weighted by Gasteiger charge is -2.03. The second kappa shape index (κ2) is 4.46. The molecule has 2 rings (SSSR count). The van der Waals surface area contributed by atoms with Crippen LogP contribution in [0.3, 0.4) is 0 Å². The standard InChI is InChI=1S/C10H10N2O3S/c13-16(14,10-7-15-8-11-10)12-6-9-4-2-1-3-5-9/h1-5,7-8,12H,6H2. The lowest BCUT2D eigenvalue weighted by atomic mass is 10.2. The highest BCUT2D eigenvalue weighted by Gasteiger charge is 2.16. The van der Waals surface area contributed by atoms with E-state index in [4.69, 9.17) is 0 Å².